The number of rotatable bonds is 5. The summed E-state index contributed by atoms with van der Waals surface area (Å²) in [5.74, 6) is 0.450. The lowest BCUT2D eigenvalue weighted by Gasteiger charge is -2.26. The van der Waals surface area contributed by atoms with Crippen molar-refractivity contribution in [2.24, 2.45) is 0 Å². The molecule has 8 nitrogen and oxygen atoms in total. The molecule has 0 aliphatic carbocycles. The molecule has 2 atom stereocenters. The zero-order chi connectivity index (χ0) is 23.3. The third-order valence-electron chi connectivity index (χ3n) is 6.16. The Labute approximate surface area is 191 Å². The van der Waals surface area contributed by atoms with E-state index < -0.39 is 12.3 Å². The first-order valence-corrected chi connectivity index (χ1v) is 10.7. The first-order chi connectivity index (χ1) is 15.9. The molecule has 0 saturated heterocycles. The summed E-state index contributed by atoms with van der Waals surface area (Å²) >= 11 is 0. The van der Waals surface area contributed by atoms with Gasteiger partial charge in [-0.25, -0.2) is 0 Å². The standard InChI is InChI=1S/C25H25N5O3/c1-13(31)14-5-4-6-15(11-14)28-24-22(26)16-7-8-18-21(23(16)30(24)2)17(25(32)29-18)12-19-20(33-3)9-10-27-19/h4-13,24,26-28,31H,1-3H3,(H,29,32)/b17-12-,26-22?. The highest BCUT2D eigenvalue weighted by atomic mass is 16.5. The number of ether oxygens (including phenoxy) is 1. The number of likely N-dealkylation sites (N-methyl/N-ethyl adjacent to an activating group) is 1. The molecule has 3 heterocycles. The topological polar surface area (TPSA) is 113 Å². The average molecular weight is 444 g/mol. The molecular formula is C25H25N5O3. The lowest BCUT2D eigenvalue weighted by atomic mass is 9.99. The summed E-state index contributed by atoms with van der Waals surface area (Å²) in [6, 6.07) is 13.1. The second-order valence-corrected chi connectivity index (χ2v) is 8.23. The van der Waals surface area contributed by atoms with Crippen LogP contribution in [0.1, 0.15) is 35.4 Å². The van der Waals surface area contributed by atoms with Crippen molar-refractivity contribution in [2.75, 3.05) is 29.7 Å². The van der Waals surface area contributed by atoms with Crippen molar-refractivity contribution >= 4 is 40.3 Å². The Morgan fingerprint density at radius 2 is 2.09 bits per heavy atom. The normalized spacial score (nSPS) is 18.8. The summed E-state index contributed by atoms with van der Waals surface area (Å²) in [5, 5.41) is 25.1. The number of anilines is 3. The summed E-state index contributed by atoms with van der Waals surface area (Å²) in [6.45, 7) is 1.72. The number of nitrogens with zero attached hydrogens (tertiary/aromatic N) is 1. The average Bonchev–Trinajstić information content (AvgIpc) is 3.45. The summed E-state index contributed by atoms with van der Waals surface area (Å²) in [4.78, 5) is 18.0. The number of aliphatic hydroxyl groups excluding tert-OH is 1. The minimum atomic E-state index is -0.581. The minimum absolute atomic E-state index is 0.198. The van der Waals surface area contributed by atoms with Gasteiger partial charge in [0.2, 0.25) is 0 Å². The van der Waals surface area contributed by atoms with Gasteiger partial charge in [0, 0.05) is 30.1 Å². The molecule has 0 fully saturated rings. The van der Waals surface area contributed by atoms with Crippen molar-refractivity contribution in [1.29, 1.82) is 5.41 Å². The Morgan fingerprint density at radius 1 is 1.27 bits per heavy atom. The van der Waals surface area contributed by atoms with Crippen LogP contribution >= 0.6 is 0 Å². The number of benzene rings is 2. The van der Waals surface area contributed by atoms with Gasteiger partial charge in [0.25, 0.3) is 5.91 Å². The van der Waals surface area contributed by atoms with Crippen LogP contribution in [0.3, 0.4) is 0 Å². The molecule has 33 heavy (non-hydrogen) atoms. The van der Waals surface area contributed by atoms with Gasteiger partial charge in [-0.2, -0.15) is 0 Å². The van der Waals surface area contributed by atoms with Crippen LogP contribution in [-0.2, 0) is 4.79 Å². The smallest absolute Gasteiger partial charge is 0.256 e. The SMILES string of the molecule is COc1cc[nH]c1/C=C1\C(=O)Nc2ccc3c(c21)N(C)C(Nc1cccc(C(C)O)c1)C3=N. The molecule has 1 aromatic heterocycles. The van der Waals surface area contributed by atoms with Gasteiger partial charge in [-0.05, 0) is 48.9 Å². The third-order valence-corrected chi connectivity index (χ3v) is 6.16. The molecular weight excluding hydrogens is 418 g/mol. The van der Waals surface area contributed by atoms with E-state index in [4.69, 9.17) is 10.1 Å². The highest BCUT2D eigenvalue weighted by Crippen LogP contribution is 2.46. The number of hydrogen-bond acceptors (Lipinski definition) is 6. The van der Waals surface area contributed by atoms with Crippen LogP contribution in [0.5, 0.6) is 5.75 Å². The minimum Gasteiger partial charge on any atom is -0.495 e. The Kier molecular flexibility index (Phi) is 4.94. The lowest BCUT2D eigenvalue weighted by molar-refractivity contribution is -0.110. The van der Waals surface area contributed by atoms with Crippen LogP contribution in [0.2, 0.25) is 0 Å². The van der Waals surface area contributed by atoms with Gasteiger partial charge in [0.15, 0.2) is 0 Å². The second kappa shape index (κ2) is 7.83. The third kappa shape index (κ3) is 3.35. The zero-order valence-electron chi connectivity index (χ0n) is 18.6. The molecule has 3 aromatic rings. The van der Waals surface area contributed by atoms with E-state index in [1.807, 2.05) is 48.3 Å². The fourth-order valence-electron chi connectivity index (χ4n) is 4.48. The molecule has 0 spiro atoms. The first-order valence-electron chi connectivity index (χ1n) is 10.7. The molecule has 0 bridgehead atoms. The van der Waals surface area contributed by atoms with Crippen molar-refractivity contribution in [3.8, 4) is 5.75 Å². The van der Waals surface area contributed by atoms with Gasteiger partial charge in [-0.3, -0.25) is 4.79 Å². The van der Waals surface area contributed by atoms with E-state index in [0.29, 0.717) is 28.4 Å². The van der Waals surface area contributed by atoms with E-state index in [0.717, 1.165) is 28.1 Å². The van der Waals surface area contributed by atoms with Gasteiger partial charge >= 0.3 is 0 Å². The summed E-state index contributed by atoms with van der Waals surface area (Å²) in [5.41, 5.74) is 6.29. The molecule has 5 N–H and O–H groups in total. The number of nitrogens with one attached hydrogen (secondary N) is 4. The van der Waals surface area contributed by atoms with Crippen LogP contribution in [-0.4, -0.2) is 42.0 Å². The second-order valence-electron chi connectivity index (χ2n) is 8.23. The van der Waals surface area contributed by atoms with Crippen LogP contribution < -0.4 is 20.3 Å². The molecule has 2 aliphatic rings. The number of methoxy groups -OCH3 is 1. The number of carbonyl (C=O) groups excluding carboxylic acids is 1. The Bertz CT molecular complexity index is 1310. The van der Waals surface area contributed by atoms with E-state index in [9.17, 15) is 9.90 Å². The predicted octanol–water partition coefficient (Wildman–Crippen LogP) is 3.83. The fraction of sp³-hybridized carbons (Fsp3) is 0.200. The van der Waals surface area contributed by atoms with E-state index in [-0.39, 0.29) is 5.91 Å². The number of hydrogen-bond donors (Lipinski definition) is 5. The van der Waals surface area contributed by atoms with E-state index >= 15 is 0 Å². The van der Waals surface area contributed by atoms with Crippen LogP contribution in [0, 0.1) is 5.41 Å². The van der Waals surface area contributed by atoms with Gasteiger partial charge in [-0.1, -0.05) is 12.1 Å². The Balaban J connectivity index is 1.55. The number of carbonyl (C=O) groups is 1. The maximum Gasteiger partial charge on any atom is 0.256 e. The first kappa shape index (κ1) is 20.8. The molecule has 2 unspecified atom stereocenters. The maximum absolute atomic E-state index is 12.9. The lowest BCUT2D eigenvalue weighted by Crippen LogP contribution is -2.39. The van der Waals surface area contributed by atoms with Crippen LogP contribution in [0.25, 0.3) is 11.6 Å². The van der Waals surface area contributed by atoms with E-state index in [2.05, 4.69) is 15.6 Å². The summed E-state index contributed by atoms with van der Waals surface area (Å²) < 4.78 is 5.38. The Morgan fingerprint density at radius 3 is 2.85 bits per heavy atom. The zero-order valence-corrected chi connectivity index (χ0v) is 18.6. The molecule has 2 aliphatic heterocycles. The summed E-state index contributed by atoms with van der Waals surface area (Å²) in [6.07, 6.45) is 2.54. The molecule has 8 heteroatoms. The predicted molar refractivity (Wildman–Crippen MR) is 130 cm³/mol. The highest BCUT2D eigenvalue weighted by molar-refractivity contribution is 6.37. The van der Waals surface area contributed by atoms with Crippen molar-refractivity contribution < 1.29 is 14.6 Å². The number of fused-ring (bicyclic) bond motifs is 3. The number of aliphatic hydroxyl groups is 1. The molecule has 168 valence electrons. The van der Waals surface area contributed by atoms with Gasteiger partial charge in [0.1, 0.15) is 11.9 Å². The number of H-pyrrole nitrogens is 1. The van der Waals surface area contributed by atoms with Crippen molar-refractivity contribution in [1.82, 2.24) is 4.98 Å². The van der Waals surface area contributed by atoms with E-state index in [1.54, 1.807) is 32.4 Å². The molecule has 5 rings (SSSR count). The Hall–Kier alpha value is -4.04. The molecule has 0 radical (unpaired) electrons. The van der Waals surface area contributed by atoms with Gasteiger partial charge in [0.05, 0.1) is 41.6 Å². The van der Waals surface area contributed by atoms with Gasteiger partial charge in [-0.15, -0.1) is 0 Å². The number of amides is 1. The molecule has 1 amide bonds. The highest BCUT2D eigenvalue weighted by Gasteiger charge is 2.39. The van der Waals surface area contributed by atoms with Crippen LogP contribution in [0.15, 0.2) is 48.7 Å². The van der Waals surface area contributed by atoms with E-state index in [1.165, 1.54) is 0 Å². The molecule has 0 saturated carbocycles. The quantitative estimate of drug-likeness (QED) is 0.385. The van der Waals surface area contributed by atoms with Crippen molar-refractivity contribution in [2.45, 2.75) is 19.2 Å². The number of aromatic nitrogens is 1. The monoisotopic (exact) mass is 443 g/mol. The van der Waals surface area contributed by atoms with Crippen molar-refractivity contribution in [3.63, 3.8) is 0 Å². The summed E-state index contributed by atoms with van der Waals surface area (Å²) in [7, 11) is 3.50. The maximum atomic E-state index is 12.9. The fourth-order valence-corrected chi connectivity index (χ4v) is 4.48. The van der Waals surface area contributed by atoms with Gasteiger partial charge < -0.3 is 35.8 Å². The largest absolute Gasteiger partial charge is 0.495 e. The number of aromatic amines is 1. The van der Waals surface area contributed by atoms with Crippen molar-refractivity contribution in [3.05, 3.63) is 71.0 Å². The van der Waals surface area contributed by atoms with Crippen LogP contribution in [0.4, 0.5) is 17.1 Å². The molecule has 2 aromatic carbocycles.